The number of methoxy groups -OCH3 is 2. The summed E-state index contributed by atoms with van der Waals surface area (Å²) < 4.78 is 31.1. The lowest BCUT2D eigenvalue weighted by Gasteiger charge is -2.28. The molecule has 6 rings (SSSR count). The highest BCUT2D eigenvalue weighted by atomic mass is 16.5. The lowest BCUT2D eigenvalue weighted by atomic mass is 9.84. The summed E-state index contributed by atoms with van der Waals surface area (Å²) in [6.07, 6.45) is 3.73. The first-order valence-electron chi connectivity index (χ1n) is 13.2. The smallest absolute Gasteiger partial charge is 0.312 e. The molecule has 0 radical (unpaired) electrons. The Morgan fingerprint density at radius 1 is 1.10 bits per heavy atom. The van der Waals surface area contributed by atoms with Crippen molar-refractivity contribution in [1.29, 1.82) is 0 Å². The molecule has 0 N–H and O–H groups in total. The molecule has 0 fully saturated rings. The van der Waals surface area contributed by atoms with E-state index in [0.717, 1.165) is 27.6 Å². The SMILES string of the molecule is C=C(C)COc1c(OC)cccc1[C@@H]1CC(=O)Oc2ccc3c(c21)O/C(=C\c1cn(C)c2ccc(OC)cc12)C3=O. The number of hydrogen-bond acceptors (Lipinski definition) is 7. The van der Waals surface area contributed by atoms with E-state index < -0.39 is 5.92 Å². The van der Waals surface area contributed by atoms with Gasteiger partial charge in [-0.05, 0) is 55.0 Å². The van der Waals surface area contributed by atoms with E-state index in [2.05, 4.69) is 6.58 Å². The van der Waals surface area contributed by atoms with Crippen LogP contribution in [0.4, 0.5) is 0 Å². The topological polar surface area (TPSA) is 85.2 Å². The predicted octanol–water partition coefficient (Wildman–Crippen LogP) is 6.21. The Hall–Kier alpha value is -4.98. The van der Waals surface area contributed by atoms with Crippen molar-refractivity contribution in [2.24, 2.45) is 7.05 Å². The fourth-order valence-corrected chi connectivity index (χ4v) is 5.47. The minimum Gasteiger partial charge on any atom is -0.497 e. The number of hydrogen-bond donors (Lipinski definition) is 0. The van der Waals surface area contributed by atoms with Gasteiger partial charge in [0.1, 0.15) is 23.9 Å². The van der Waals surface area contributed by atoms with E-state index in [0.29, 0.717) is 39.9 Å². The van der Waals surface area contributed by atoms with Gasteiger partial charge >= 0.3 is 5.97 Å². The summed E-state index contributed by atoms with van der Waals surface area (Å²) in [5.41, 5.74) is 4.39. The molecule has 1 atom stereocenters. The van der Waals surface area contributed by atoms with Crippen molar-refractivity contribution in [2.75, 3.05) is 20.8 Å². The molecule has 3 aromatic carbocycles. The summed E-state index contributed by atoms with van der Waals surface area (Å²) in [5, 5.41) is 0.927. The zero-order valence-corrected chi connectivity index (χ0v) is 23.3. The molecule has 4 aromatic rings. The number of Topliss-reactive ketones (excluding diaryl/α,β-unsaturated/α-hetero) is 1. The molecule has 0 bridgehead atoms. The van der Waals surface area contributed by atoms with E-state index >= 15 is 0 Å². The number of fused-ring (bicyclic) bond motifs is 4. The van der Waals surface area contributed by atoms with Crippen molar-refractivity contribution in [1.82, 2.24) is 4.57 Å². The largest absolute Gasteiger partial charge is 0.497 e. The van der Waals surface area contributed by atoms with Crippen molar-refractivity contribution < 1.29 is 33.3 Å². The minimum absolute atomic E-state index is 0.0414. The van der Waals surface area contributed by atoms with Gasteiger partial charge in [-0.1, -0.05) is 18.7 Å². The number of ether oxygens (including phenoxy) is 5. The molecule has 1 aromatic heterocycles. The first-order valence-corrected chi connectivity index (χ1v) is 13.2. The monoisotopic (exact) mass is 551 g/mol. The van der Waals surface area contributed by atoms with Crippen LogP contribution in [0.2, 0.25) is 0 Å². The molecule has 8 nitrogen and oxygen atoms in total. The van der Waals surface area contributed by atoms with Crippen LogP contribution in [0.1, 0.15) is 46.3 Å². The molecule has 3 heterocycles. The maximum absolute atomic E-state index is 13.6. The summed E-state index contributed by atoms with van der Waals surface area (Å²) in [4.78, 5) is 26.4. The number of carbonyl (C=O) groups excluding carboxylic acids is 2. The zero-order chi connectivity index (χ0) is 28.8. The van der Waals surface area contributed by atoms with Gasteiger partial charge in [0.25, 0.3) is 0 Å². The summed E-state index contributed by atoms with van der Waals surface area (Å²) in [7, 11) is 5.13. The molecule has 41 heavy (non-hydrogen) atoms. The maximum atomic E-state index is 13.6. The number of aryl methyl sites for hydroxylation is 1. The first-order chi connectivity index (χ1) is 19.8. The molecule has 2 aliphatic heterocycles. The lowest BCUT2D eigenvalue weighted by molar-refractivity contribution is -0.135. The molecule has 0 aliphatic carbocycles. The predicted molar refractivity (Wildman–Crippen MR) is 154 cm³/mol. The second-order valence-electron chi connectivity index (χ2n) is 10.2. The second kappa shape index (κ2) is 10.2. The fourth-order valence-electron chi connectivity index (χ4n) is 5.47. The number of aromatic nitrogens is 1. The highest BCUT2D eigenvalue weighted by Crippen LogP contribution is 2.51. The Balaban J connectivity index is 1.47. The highest BCUT2D eigenvalue weighted by molar-refractivity contribution is 6.15. The number of esters is 1. The molecule has 8 heteroatoms. The molecule has 0 unspecified atom stereocenters. The van der Waals surface area contributed by atoms with Crippen LogP contribution >= 0.6 is 0 Å². The summed E-state index contributed by atoms with van der Waals surface area (Å²) in [6.45, 7) is 6.08. The van der Waals surface area contributed by atoms with Gasteiger partial charge in [0, 0.05) is 46.8 Å². The number of carbonyl (C=O) groups is 2. The second-order valence-corrected chi connectivity index (χ2v) is 10.2. The van der Waals surface area contributed by atoms with Crippen LogP contribution in [-0.4, -0.2) is 37.1 Å². The van der Waals surface area contributed by atoms with Crippen LogP contribution in [-0.2, 0) is 11.8 Å². The summed E-state index contributed by atoms with van der Waals surface area (Å²) in [6, 6.07) is 14.6. The Morgan fingerprint density at radius 3 is 2.68 bits per heavy atom. The van der Waals surface area contributed by atoms with Crippen molar-refractivity contribution >= 4 is 28.7 Å². The lowest BCUT2D eigenvalue weighted by Crippen LogP contribution is -2.22. The third-order valence-corrected chi connectivity index (χ3v) is 7.36. The zero-order valence-electron chi connectivity index (χ0n) is 23.3. The van der Waals surface area contributed by atoms with Crippen LogP contribution in [0.25, 0.3) is 17.0 Å². The highest BCUT2D eigenvalue weighted by Gasteiger charge is 2.40. The van der Waals surface area contributed by atoms with Gasteiger partial charge in [0.15, 0.2) is 17.3 Å². The van der Waals surface area contributed by atoms with Crippen molar-refractivity contribution in [3.8, 4) is 28.7 Å². The number of allylic oxidation sites excluding steroid dienone is 1. The van der Waals surface area contributed by atoms with Crippen LogP contribution < -0.4 is 23.7 Å². The van der Waals surface area contributed by atoms with Gasteiger partial charge in [-0.2, -0.15) is 0 Å². The first kappa shape index (κ1) is 26.3. The Morgan fingerprint density at radius 2 is 1.93 bits per heavy atom. The van der Waals surface area contributed by atoms with Crippen LogP contribution in [0.5, 0.6) is 28.7 Å². The summed E-state index contributed by atoms with van der Waals surface area (Å²) in [5.74, 6) is 1.53. The Labute approximate surface area is 237 Å². The molecule has 0 saturated carbocycles. The standard InChI is InChI=1S/C33H29NO7/c1-18(2)17-39-32-21(7-6-8-27(32)38-5)24-15-29(35)40-26-12-10-22-31(36)28(41-33(22)30(24)26)13-19-16-34(3)25-11-9-20(37-4)14-23(19)25/h6-14,16,24H,1,15,17H2,2-5H3/b28-13-/t24-/m0/s1. The van der Waals surface area contributed by atoms with Crippen molar-refractivity contribution in [2.45, 2.75) is 19.3 Å². The van der Waals surface area contributed by atoms with Crippen LogP contribution in [0.15, 0.2) is 72.6 Å². The molecule has 0 spiro atoms. The number of nitrogens with zero attached hydrogens (tertiary/aromatic N) is 1. The number of benzene rings is 3. The van der Waals surface area contributed by atoms with Gasteiger partial charge in [0.05, 0.1) is 26.2 Å². The maximum Gasteiger partial charge on any atom is 0.312 e. The number of para-hydroxylation sites is 1. The van der Waals surface area contributed by atoms with Gasteiger partial charge in [0.2, 0.25) is 5.78 Å². The average molecular weight is 552 g/mol. The van der Waals surface area contributed by atoms with E-state index in [1.165, 1.54) is 0 Å². The van der Waals surface area contributed by atoms with Crippen LogP contribution in [0.3, 0.4) is 0 Å². The molecular formula is C33H29NO7. The van der Waals surface area contributed by atoms with Gasteiger partial charge in [-0.25, -0.2) is 0 Å². The van der Waals surface area contributed by atoms with E-state index in [4.69, 9.17) is 23.7 Å². The molecular weight excluding hydrogens is 522 g/mol. The van der Waals surface area contributed by atoms with Crippen molar-refractivity contribution in [3.05, 3.63) is 94.9 Å². The fraction of sp³-hybridized carbons (Fsp3) is 0.212. The Kier molecular flexibility index (Phi) is 6.53. The molecule has 0 amide bonds. The molecule has 2 aliphatic rings. The van der Waals surface area contributed by atoms with Crippen molar-refractivity contribution in [3.63, 3.8) is 0 Å². The number of ketones is 1. The van der Waals surface area contributed by atoms with E-state index in [1.54, 1.807) is 38.5 Å². The third-order valence-electron chi connectivity index (χ3n) is 7.36. The minimum atomic E-state index is -0.495. The molecule has 0 saturated heterocycles. The normalized spacial score (nSPS) is 16.7. The van der Waals surface area contributed by atoms with Gasteiger partial charge < -0.3 is 28.3 Å². The van der Waals surface area contributed by atoms with E-state index in [9.17, 15) is 9.59 Å². The van der Waals surface area contributed by atoms with Crippen LogP contribution in [0, 0.1) is 0 Å². The van der Waals surface area contributed by atoms with Gasteiger partial charge in [-0.15, -0.1) is 0 Å². The number of rotatable bonds is 7. The van der Waals surface area contributed by atoms with Gasteiger partial charge in [-0.3, -0.25) is 9.59 Å². The quantitative estimate of drug-likeness (QED) is 0.117. The third kappa shape index (κ3) is 4.51. The molecule has 208 valence electrons. The average Bonchev–Trinajstić information content (AvgIpc) is 3.45. The van der Waals surface area contributed by atoms with E-state index in [-0.39, 0.29) is 30.5 Å². The summed E-state index contributed by atoms with van der Waals surface area (Å²) >= 11 is 0. The Bertz CT molecular complexity index is 1780. The van der Waals surface area contributed by atoms with E-state index in [1.807, 2.05) is 55.1 Å².